The molecule has 0 bridgehead atoms. The molecule has 2 aromatic carbocycles. The second-order valence-electron chi connectivity index (χ2n) is 5.91. The summed E-state index contributed by atoms with van der Waals surface area (Å²) in [6, 6.07) is 7.42. The lowest BCUT2D eigenvalue weighted by molar-refractivity contribution is 0.112. The van der Waals surface area contributed by atoms with E-state index in [0.717, 1.165) is 54.7 Å². The van der Waals surface area contributed by atoms with Crippen molar-refractivity contribution < 1.29 is 13.6 Å². The molecular formula is C19H18F2O. The summed E-state index contributed by atoms with van der Waals surface area (Å²) in [5.41, 5.74) is 3.92. The third-order valence-electron chi connectivity index (χ3n) is 4.15. The van der Waals surface area contributed by atoms with E-state index in [1.807, 2.05) is 12.1 Å². The first-order chi connectivity index (χ1) is 10.6. The van der Waals surface area contributed by atoms with Crippen molar-refractivity contribution in [3.05, 3.63) is 58.7 Å². The van der Waals surface area contributed by atoms with Crippen LogP contribution in [0.2, 0.25) is 0 Å². The molecule has 0 aliphatic heterocycles. The molecule has 114 valence electrons. The SMILES string of the molecule is CCCc1cc(C=O)cc(C2CC2)c1-c1ccc(F)cc1F. The Morgan fingerprint density at radius 1 is 1.18 bits per heavy atom. The van der Waals surface area contributed by atoms with Crippen LogP contribution in [0.15, 0.2) is 30.3 Å². The van der Waals surface area contributed by atoms with Gasteiger partial charge in [0, 0.05) is 17.2 Å². The van der Waals surface area contributed by atoms with Crippen molar-refractivity contribution in [2.24, 2.45) is 0 Å². The van der Waals surface area contributed by atoms with Crippen LogP contribution in [-0.2, 0) is 6.42 Å². The van der Waals surface area contributed by atoms with Gasteiger partial charge in [0.25, 0.3) is 0 Å². The van der Waals surface area contributed by atoms with Gasteiger partial charge in [0.15, 0.2) is 0 Å². The maximum absolute atomic E-state index is 14.3. The van der Waals surface area contributed by atoms with Crippen LogP contribution in [-0.4, -0.2) is 6.29 Å². The minimum atomic E-state index is -0.573. The van der Waals surface area contributed by atoms with E-state index < -0.39 is 11.6 Å². The Morgan fingerprint density at radius 2 is 1.95 bits per heavy atom. The lowest BCUT2D eigenvalue weighted by Gasteiger charge is -2.17. The number of carbonyl (C=O) groups is 1. The number of aryl methyl sites for hydroxylation is 1. The van der Waals surface area contributed by atoms with Gasteiger partial charge in [-0.3, -0.25) is 4.79 Å². The summed E-state index contributed by atoms with van der Waals surface area (Å²) in [7, 11) is 0. The number of hydrogen-bond acceptors (Lipinski definition) is 1. The maximum Gasteiger partial charge on any atom is 0.150 e. The number of rotatable bonds is 5. The monoisotopic (exact) mass is 300 g/mol. The average Bonchev–Trinajstić information content (AvgIpc) is 3.32. The zero-order valence-corrected chi connectivity index (χ0v) is 12.5. The summed E-state index contributed by atoms with van der Waals surface area (Å²) in [6.45, 7) is 2.05. The molecule has 0 radical (unpaired) electrons. The topological polar surface area (TPSA) is 17.1 Å². The first kappa shape index (κ1) is 14.9. The standard InChI is InChI=1S/C19H18F2O/c1-2-3-14-8-12(11-22)9-17(13-4-5-13)19(14)16-7-6-15(20)10-18(16)21/h6-11,13H,2-5H2,1H3. The smallest absolute Gasteiger partial charge is 0.150 e. The predicted octanol–water partition coefficient (Wildman–Crippen LogP) is 5.27. The Labute approximate surface area is 129 Å². The molecule has 2 aromatic rings. The van der Waals surface area contributed by atoms with Crippen molar-refractivity contribution in [3.63, 3.8) is 0 Å². The van der Waals surface area contributed by atoms with E-state index >= 15 is 0 Å². The molecule has 0 spiro atoms. The van der Waals surface area contributed by atoms with Gasteiger partial charge in [-0.25, -0.2) is 8.78 Å². The summed E-state index contributed by atoms with van der Waals surface area (Å²) in [5, 5.41) is 0. The second-order valence-corrected chi connectivity index (χ2v) is 5.91. The van der Waals surface area contributed by atoms with Gasteiger partial charge in [0.2, 0.25) is 0 Å². The van der Waals surface area contributed by atoms with Gasteiger partial charge in [0.1, 0.15) is 17.9 Å². The zero-order chi connectivity index (χ0) is 15.7. The Kier molecular flexibility index (Phi) is 4.06. The fourth-order valence-electron chi connectivity index (χ4n) is 3.02. The Bertz CT molecular complexity index is 718. The number of aldehydes is 1. The first-order valence-electron chi connectivity index (χ1n) is 7.71. The third-order valence-corrected chi connectivity index (χ3v) is 4.15. The second kappa shape index (κ2) is 5.99. The van der Waals surface area contributed by atoms with Gasteiger partial charge in [-0.2, -0.15) is 0 Å². The summed E-state index contributed by atoms with van der Waals surface area (Å²) in [4.78, 5) is 11.2. The van der Waals surface area contributed by atoms with E-state index in [1.165, 1.54) is 12.1 Å². The number of hydrogen-bond donors (Lipinski definition) is 0. The summed E-state index contributed by atoms with van der Waals surface area (Å²) in [5.74, 6) is -0.733. The normalized spacial score (nSPS) is 14.1. The molecule has 1 aliphatic rings. The van der Waals surface area contributed by atoms with Crippen LogP contribution in [0.4, 0.5) is 8.78 Å². The Hall–Kier alpha value is -2.03. The molecule has 1 saturated carbocycles. The van der Waals surface area contributed by atoms with Gasteiger partial charge < -0.3 is 0 Å². The number of halogens is 2. The molecule has 0 heterocycles. The minimum Gasteiger partial charge on any atom is -0.298 e. The highest BCUT2D eigenvalue weighted by molar-refractivity contribution is 5.81. The predicted molar refractivity (Wildman–Crippen MR) is 83.2 cm³/mol. The molecular weight excluding hydrogens is 282 g/mol. The van der Waals surface area contributed by atoms with Gasteiger partial charge >= 0.3 is 0 Å². The molecule has 0 atom stereocenters. The molecule has 22 heavy (non-hydrogen) atoms. The van der Waals surface area contributed by atoms with Crippen LogP contribution in [0.3, 0.4) is 0 Å². The molecule has 1 aliphatic carbocycles. The van der Waals surface area contributed by atoms with Crippen molar-refractivity contribution in [2.45, 2.75) is 38.5 Å². The molecule has 0 unspecified atom stereocenters. The molecule has 0 aromatic heterocycles. The van der Waals surface area contributed by atoms with Gasteiger partial charge in [-0.05, 0) is 66.1 Å². The van der Waals surface area contributed by atoms with Crippen LogP contribution < -0.4 is 0 Å². The van der Waals surface area contributed by atoms with Gasteiger partial charge in [-0.15, -0.1) is 0 Å². The Morgan fingerprint density at radius 3 is 2.55 bits per heavy atom. The fraction of sp³-hybridized carbons (Fsp3) is 0.316. The molecule has 1 fully saturated rings. The largest absolute Gasteiger partial charge is 0.298 e. The maximum atomic E-state index is 14.3. The van der Waals surface area contributed by atoms with E-state index in [-0.39, 0.29) is 0 Å². The first-order valence-corrected chi connectivity index (χ1v) is 7.71. The van der Waals surface area contributed by atoms with E-state index in [4.69, 9.17) is 0 Å². The van der Waals surface area contributed by atoms with Crippen LogP contribution in [0.5, 0.6) is 0 Å². The van der Waals surface area contributed by atoms with Crippen molar-refractivity contribution in [2.75, 3.05) is 0 Å². The van der Waals surface area contributed by atoms with E-state index in [2.05, 4.69) is 6.92 Å². The lowest BCUT2D eigenvalue weighted by atomic mass is 9.88. The minimum absolute atomic E-state index is 0.384. The van der Waals surface area contributed by atoms with Crippen LogP contribution >= 0.6 is 0 Å². The molecule has 0 N–H and O–H groups in total. The number of benzene rings is 2. The van der Waals surface area contributed by atoms with Gasteiger partial charge in [-0.1, -0.05) is 13.3 Å². The summed E-state index contributed by atoms with van der Waals surface area (Å²) >= 11 is 0. The molecule has 0 amide bonds. The van der Waals surface area contributed by atoms with Crippen molar-refractivity contribution in [1.82, 2.24) is 0 Å². The van der Waals surface area contributed by atoms with Crippen LogP contribution in [0, 0.1) is 11.6 Å². The molecule has 3 heteroatoms. The Balaban J connectivity index is 2.24. The quantitative estimate of drug-likeness (QED) is 0.687. The molecule has 3 rings (SSSR count). The van der Waals surface area contributed by atoms with E-state index in [0.29, 0.717) is 17.0 Å². The number of carbonyl (C=O) groups excluding carboxylic acids is 1. The third kappa shape index (κ3) is 2.80. The highest BCUT2D eigenvalue weighted by Gasteiger charge is 2.29. The highest BCUT2D eigenvalue weighted by atomic mass is 19.1. The molecule has 0 saturated heterocycles. The zero-order valence-electron chi connectivity index (χ0n) is 12.5. The van der Waals surface area contributed by atoms with E-state index in [1.54, 1.807) is 0 Å². The van der Waals surface area contributed by atoms with Gasteiger partial charge in [0.05, 0.1) is 0 Å². The van der Waals surface area contributed by atoms with E-state index in [9.17, 15) is 13.6 Å². The highest BCUT2D eigenvalue weighted by Crippen LogP contribution is 2.46. The van der Waals surface area contributed by atoms with Crippen molar-refractivity contribution >= 4 is 6.29 Å². The van der Waals surface area contributed by atoms with Crippen molar-refractivity contribution in [1.29, 1.82) is 0 Å². The van der Waals surface area contributed by atoms with Crippen LogP contribution in [0.25, 0.3) is 11.1 Å². The summed E-state index contributed by atoms with van der Waals surface area (Å²) in [6.07, 6.45) is 4.64. The average molecular weight is 300 g/mol. The van der Waals surface area contributed by atoms with Crippen LogP contribution in [0.1, 0.15) is 53.6 Å². The fourth-order valence-corrected chi connectivity index (χ4v) is 3.02. The lowest BCUT2D eigenvalue weighted by Crippen LogP contribution is -2.00. The molecule has 1 nitrogen and oxygen atoms in total. The summed E-state index contributed by atoms with van der Waals surface area (Å²) < 4.78 is 27.5. The van der Waals surface area contributed by atoms with Crippen molar-refractivity contribution in [3.8, 4) is 11.1 Å².